The fraction of sp³-hybridized carbons (Fsp3) is 0.579. The van der Waals surface area contributed by atoms with Crippen LogP contribution in [0.2, 0.25) is 0 Å². The van der Waals surface area contributed by atoms with E-state index in [9.17, 15) is 0 Å². The third-order valence-corrected chi connectivity index (χ3v) is 3.68. The molecule has 1 rings (SSSR count). The van der Waals surface area contributed by atoms with Crippen LogP contribution in [0.1, 0.15) is 64.9 Å². The Hall–Kier alpha value is -1.42. The number of hydrogen-bond donors (Lipinski definition) is 0. The van der Waals surface area contributed by atoms with Gasteiger partial charge >= 0.3 is 0 Å². The lowest BCUT2D eigenvalue weighted by Crippen LogP contribution is -2.04. The van der Waals surface area contributed by atoms with Gasteiger partial charge in [-0.1, -0.05) is 58.6 Å². The maximum absolute atomic E-state index is 5.74. The Bertz CT molecular complexity index is 421. The van der Waals surface area contributed by atoms with E-state index >= 15 is 0 Å². The maximum atomic E-state index is 5.74. The molecule has 0 heterocycles. The molecule has 0 aliphatic carbocycles. The van der Waals surface area contributed by atoms with E-state index in [1.165, 1.54) is 18.4 Å². The van der Waals surface area contributed by atoms with E-state index in [1.54, 1.807) is 0 Å². The van der Waals surface area contributed by atoms with Crippen LogP contribution in [0.4, 0.5) is 0 Å². The summed E-state index contributed by atoms with van der Waals surface area (Å²) < 4.78 is 5.74. The molecule has 0 fully saturated rings. The molecule has 0 saturated heterocycles. The Morgan fingerprint density at radius 1 is 1.05 bits per heavy atom. The first-order valence-electron chi connectivity index (χ1n) is 7.90. The van der Waals surface area contributed by atoms with Crippen molar-refractivity contribution in [2.24, 2.45) is 5.92 Å². The van der Waals surface area contributed by atoms with Crippen molar-refractivity contribution >= 4 is 0 Å². The summed E-state index contributed by atoms with van der Waals surface area (Å²) in [6.07, 6.45) is 4.54. The van der Waals surface area contributed by atoms with Crippen LogP contribution in [-0.2, 0) is 0 Å². The molecule has 2 unspecified atom stereocenters. The topological polar surface area (TPSA) is 9.23 Å². The Balaban J connectivity index is 2.52. The normalized spacial score (nSPS) is 13.2. The van der Waals surface area contributed by atoms with Crippen LogP contribution in [0.3, 0.4) is 0 Å². The van der Waals surface area contributed by atoms with Gasteiger partial charge in [-0.25, -0.2) is 0 Å². The van der Waals surface area contributed by atoms with Gasteiger partial charge in [-0.15, -0.1) is 5.92 Å². The molecule has 1 nitrogen and oxygen atoms in total. The zero-order valence-electron chi connectivity index (χ0n) is 13.4. The Labute approximate surface area is 124 Å². The van der Waals surface area contributed by atoms with E-state index in [2.05, 4.69) is 63.8 Å². The molecule has 1 aromatic carbocycles. The molecule has 0 aliphatic heterocycles. The van der Waals surface area contributed by atoms with Crippen LogP contribution in [0.15, 0.2) is 24.3 Å². The van der Waals surface area contributed by atoms with Crippen molar-refractivity contribution in [2.75, 3.05) is 6.61 Å². The van der Waals surface area contributed by atoms with Gasteiger partial charge in [-0.05, 0) is 30.0 Å². The first-order chi connectivity index (χ1) is 9.69. The summed E-state index contributed by atoms with van der Waals surface area (Å²) in [4.78, 5) is 0. The highest BCUT2D eigenvalue weighted by atomic mass is 16.5. The van der Waals surface area contributed by atoms with Crippen LogP contribution in [0.5, 0.6) is 5.75 Å². The average Bonchev–Trinajstić information content (AvgIpc) is 2.49. The van der Waals surface area contributed by atoms with E-state index in [-0.39, 0.29) is 0 Å². The van der Waals surface area contributed by atoms with E-state index in [1.807, 2.05) is 0 Å². The second kappa shape index (κ2) is 9.48. The lowest BCUT2D eigenvalue weighted by molar-refractivity contribution is 0.306. The summed E-state index contributed by atoms with van der Waals surface area (Å²) in [7, 11) is 0. The molecule has 0 spiro atoms. The zero-order chi connectivity index (χ0) is 14.8. The largest absolute Gasteiger partial charge is 0.494 e. The molecule has 0 N–H and O–H groups in total. The van der Waals surface area contributed by atoms with Crippen molar-refractivity contribution in [3.05, 3.63) is 29.8 Å². The summed E-state index contributed by atoms with van der Waals surface area (Å²) in [6.45, 7) is 9.56. The van der Waals surface area contributed by atoms with E-state index < -0.39 is 0 Å². The van der Waals surface area contributed by atoms with E-state index in [4.69, 9.17) is 4.74 Å². The molecule has 1 aromatic rings. The molecule has 110 valence electrons. The molecule has 2 atom stereocenters. The predicted octanol–water partition coefficient (Wildman–Crippen LogP) is 5.41. The van der Waals surface area contributed by atoms with Gasteiger partial charge in [0, 0.05) is 12.3 Å². The molecule has 20 heavy (non-hydrogen) atoms. The number of unbranched alkanes of at least 4 members (excludes halogenated alkanes) is 2. The minimum Gasteiger partial charge on any atom is -0.494 e. The van der Waals surface area contributed by atoms with Crippen LogP contribution >= 0.6 is 0 Å². The first-order valence-corrected chi connectivity index (χ1v) is 7.90. The van der Waals surface area contributed by atoms with Gasteiger partial charge in [0.15, 0.2) is 0 Å². The van der Waals surface area contributed by atoms with Gasteiger partial charge in [0.1, 0.15) is 5.75 Å². The van der Waals surface area contributed by atoms with Crippen LogP contribution in [0.25, 0.3) is 0 Å². The lowest BCUT2D eigenvalue weighted by Gasteiger charge is -2.16. The van der Waals surface area contributed by atoms with Gasteiger partial charge in [-0.2, -0.15) is 0 Å². The van der Waals surface area contributed by atoms with Crippen LogP contribution < -0.4 is 4.74 Å². The minimum absolute atomic E-state index is 0.395. The highest BCUT2D eigenvalue weighted by Crippen LogP contribution is 2.25. The molecule has 0 aliphatic rings. The number of ether oxygens (including phenoxy) is 1. The Kier molecular flexibility index (Phi) is 7.88. The van der Waals surface area contributed by atoms with Crippen LogP contribution in [0, 0.1) is 17.8 Å². The molecule has 0 bridgehead atoms. The number of benzene rings is 1. The second-order valence-corrected chi connectivity index (χ2v) is 5.38. The fourth-order valence-corrected chi connectivity index (χ4v) is 2.09. The average molecular weight is 272 g/mol. The van der Waals surface area contributed by atoms with Gasteiger partial charge in [-0.3, -0.25) is 0 Å². The second-order valence-electron chi connectivity index (χ2n) is 5.38. The SMILES string of the molecule is CCC#CC(C)C(C)c1ccc(OCCCCC)cc1. The van der Waals surface area contributed by atoms with Crippen molar-refractivity contribution in [1.29, 1.82) is 0 Å². The molecular weight excluding hydrogens is 244 g/mol. The van der Waals surface area contributed by atoms with Gasteiger partial charge in [0.05, 0.1) is 6.61 Å². The standard InChI is InChI=1S/C19H28O/c1-5-7-9-15-20-19-13-11-18(12-14-19)17(4)16(3)10-8-6-2/h11-14,16-17H,5-7,9,15H2,1-4H3. The molecule has 1 heteroatoms. The van der Waals surface area contributed by atoms with Crippen molar-refractivity contribution in [2.45, 2.75) is 59.3 Å². The summed E-state index contributed by atoms with van der Waals surface area (Å²) in [5.74, 6) is 8.32. The van der Waals surface area contributed by atoms with E-state index in [0.717, 1.165) is 25.2 Å². The van der Waals surface area contributed by atoms with Gasteiger partial charge in [0.25, 0.3) is 0 Å². The third kappa shape index (κ3) is 5.70. The molecular formula is C19H28O. The third-order valence-electron chi connectivity index (χ3n) is 3.68. The van der Waals surface area contributed by atoms with Gasteiger partial charge in [0.2, 0.25) is 0 Å². The monoisotopic (exact) mass is 272 g/mol. The van der Waals surface area contributed by atoms with Crippen molar-refractivity contribution < 1.29 is 4.74 Å². The maximum Gasteiger partial charge on any atom is 0.119 e. The smallest absolute Gasteiger partial charge is 0.119 e. The molecule has 0 aromatic heterocycles. The zero-order valence-corrected chi connectivity index (χ0v) is 13.4. The summed E-state index contributed by atoms with van der Waals surface area (Å²) in [6, 6.07) is 8.50. The summed E-state index contributed by atoms with van der Waals surface area (Å²) in [5.41, 5.74) is 1.34. The summed E-state index contributed by atoms with van der Waals surface area (Å²) in [5, 5.41) is 0. The van der Waals surface area contributed by atoms with E-state index in [0.29, 0.717) is 11.8 Å². The molecule has 0 saturated carbocycles. The highest BCUT2D eigenvalue weighted by Gasteiger charge is 2.12. The lowest BCUT2D eigenvalue weighted by atomic mass is 9.89. The first kappa shape index (κ1) is 16.6. The minimum atomic E-state index is 0.395. The van der Waals surface area contributed by atoms with Crippen molar-refractivity contribution in [3.8, 4) is 17.6 Å². The van der Waals surface area contributed by atoms with Crippen LogP contribution in [-0.4, -0.2) is 6.61 Å². The molecule has 0 radical (unpaired) electrons. The quantitative estimate of drug-likeness (QED) is 0.476. The van der Waals surface area contributed by atoms with Crippen molar-refractivity contribution in [3.63, 3.8) is 0 Å². The molecule has 0 amide bonds. The van der Waals surface area contributed by atoms with Crippen molar-refractivity contribution in [1.82, 2.24) is 0 Å². The number of hydrogen-bond acceptors (Lipinski definition) is 1. The predicted molar refractivity (Wildman–Crippen MR) is 87.1 cm³/mol. The number of rotatable bonds is 7. The Morgan fingerprint density at radius 2 is 1.75 bits per heavy atom. The fourth-order valence-electron chi connectivity index (χ4n) is 2.09. The van der Waals surface area contributed by atoms with Gasteiger partial charge < -0.3 is 4.74 Å². The highest BCUT2D eigenvalue weighted by molar-refractivity contribution is 5.30. The summed E-state index contributed by atoms with van der Waals surface area (Å²) >= 11 is 0. The Morgan fingerprint density at radius 3 is 2.35 bits per heavy atom.